The minimum absolute atomic E-state index is 0.00857. The third kappa shape index (κ3) is 3.72. The zero-order chi connectivity index (χ0) is 14.6. The van der Waals surface area contributed by atoms with E-state index >= 15 is 0 Å². The number of pyridine rings is 1. The lowest BCUT2D eigenvalue weighted by Gasteiger charge is -2.15. The second-order valence-corrected chi connectivity index (χ2v) is 3.72. The molecule has 9 heteroatoms. The van der Waals surface area contributed by atoms with E-state index in [9.17, 15) is 18.0 Å². The first-order chi connectivity index (χ1) is 8.84. The topological polar surface area (TPSA) is 57.7 Å². The lowest BCUT2D eigenvalue weighted by Crippen LogP contribution is -2.19. The number of nitrogens with zero attached hydrogens (tertiary/aromatic N) is 1. The molecule has 0 radical (unpaired) electrons. The summed E-state index contributed by atoms with van der Waals surface area (Å²) in [6, 6.07) is 0. The molecule has 106 valence electrons. The highest BCUT2D eigenvalue weighted by atomic mass is 79.9. The second kappa shape index (κ2) is 6.09. The Morgan fingerprint density at radius 2 is 2.05 bits per heavy atom. The van der Waals surface area contributed by atoms with Gasteiger partial charge in [0.15, 0.2) is 5.75 Å². The number of rotatable bonds is 4. The van der Waals surface area contributed by atoms with Gasteiger partial charge in [0.1, 0.15) is 0 Å². The molecule has 0 aromatic carbocycles. The number of carbonyl (C=O) groups is 1. The van der Waals surface area contributed by atoms with Crippen LogP contribution in [-0.4, -0.2) is 31.5 Å². The van der Waals surface area contributed by atoms with Crippen LogP contribution in [0.15, 0.2) is 6.20 Å². The van der Waals surface area contributed by atoms with Gasteiger partial charge in [-0.05, 0) is 0 Å². The molecule has 5 nitrogen and oxygen atoms in total. The van der Waals surface area contributed by atoms with E-state index < -0.39 is 18.2 Å². The molecule has 1 rings (SSSR count). The molecule has 0 saturated heterocycles. The maximum Gasteiger partial charge on any atom is 0.574 e. The van der Waals surface area contributed by atoms with Crippen molar-refractivity contribution < 1.29 is 32.2 Å². The normalized spacial score (nSPS) is 11.1. The molecular weight excluding hydrogens is 335 g/mol. The first-order valence-electron chi connectivity index (χ1n) is 4.80. The van der Waals surface area contributed by atoms with Crippen LogP contribution in [0.2, 0.25) is 0 Å². The summed E-state index contributed by atoms with van der Waals surface area (Å²) < 4.78 is 49.6. The van der Waals surface area contributed by atoms with Gasteiger partial charge in [-0.15, -0.1) is 13.2 Å². The predicted octanol–water partition coefficient (Wildman–Crippen LogP) is 2.67. The van der Waals surface area contributed by atoms with Gasteiger partial charge < -0.3 is 14.2 Å². The standard InChI is InChI=1S/C10H9BrF3NO4/c1-17-7-5(3-11)6(9(16)18-2)4-15-8(7)19-10(12,13)14/h4H,3H2,1-2H3. The van der Waals surface area contributed by atoms with Gasteiger partial charge in [0.05, 0.1) is 19.8 Å². The Labute approximate surface area is 114 Å². The van der Waals surface area contributed by atoms with Crippen LogP contribution in [-0.2, 0) is 10.1 Å². The number of esters is 1. The number of carbonyl (C=O) groups excluding carboxylic acids is 1. The Balaban J connectivity index is 3.34. The molecule has 0 N–H and O–H groups in total. The van der Waals surface area contributed by atoms with Crippen LogP contribution in [0.25, 0.3) is 0 Å². The van der Waals surface area contributed by atoms with Crippen molar-refractivity contribution >= 4 is 21.9 Å². The number of halogens is 4. The molecule has 0 bridgehead atoms. The minimum Gasteiger partial charge on any atom is -0.491 e. The quantitative estimate of drug-likeness (QED) is 0.621. The van der Waals surface area contributed by atoms with Gasteiger partial charge in [0, 0.05) is 17.1 Å². The van der Waals surface area contributed by atoms with Crippen LogP contribution in [0.4, 0.5) is 13.2 Å². The van der Waals surface area contributed by atoms with Crippen molar-refractivity contribution in [3.63, 3.8) is 0 Å². The Hall–Kier alpha value is -1.51. The van der Waals surface area contributed by atoms with E-state index in [1.807, 2.05) is 0 Å². The molecule has 0 atom stereocenters. The highest BCUT2D eigenvalue weighted by molar-refractivity contribution is 9.08. The van der Waals surface area contributed by atoms with E-state index in [0.717, 1.165) is 20.4 Å². The van der Waals surface area contributed by atoms with Crippen molar-refractivity contribution in [2.45, 2.75) is 11.7 Å². The fourth-order valence-electron chi connectivity index (χ4n) is 1.32. The number of hydrogen-bond acceptors (Lipinski definition) is 5. The van der Waals surface area contributed by atoms with Gasteiger partial charge in [-0.3, -0.25) is 0 Å². The van der Waals surface area contributed by atoms with Gasteiger partial charge in [0.2, 0.25) is 0 Å². The summed E-state index contributed by atoms with van der Waals surface area (Å²) in [7, 11) is 2.29. The van der Waals surface area contributed by atoms with Crippen LogP contribution < -0.4 is 9.47 Å². The van der Waals surface area contributed by atoms with Crippen molar-refractivity contribution in [3.05, 3.63) is 17.3 Å². The molecular formula is C10H9BrF3NO4. The Morgan fingerprint density at radius 1 is 1.42 bits per heavy atom. The third-order valence-corrected chi connectivity index (χ3v) is 2.62. The number of aromatic nitrogens is 1. The molecule has 0 fully saturated rings. The van der Waals surface area contributed by atoms with E-state index in [1.165, 1.54) is 0 Å². The van der Waals surface area contributed by atoms with E-state index in [2.05, 4.69) is 30.4 Å². The maximum atomic E-state index is 12.2. The molecule has 0 aliphatic rings. The first-order valence-corrected chi connectivity index (χ1v) is 5.92. The molecule has 0 amide bonds. The minimum atomic E-state index is -4.91. The zero-order valence-corrected chi connectivity index (χ0v) is 11.5. The molecule has 0 aliphatic heterocycles. The summed E-state index contributed by atoms with van der Waals surface area (Å²) in [5.41, 5.74) is 0.148. The number of methoxy groups -OCH3 is 2. The van der Waals surface area contributed by atoms with Crippen molar-refractivity contribution in [1.82, 2.24) is 4.98 Å². The van der Waals surface area contributed by atoms with Crippen molar-refractivity contribution in [2.75, 3.05) is 14.2 Å². The fraction of sp³-hybridized carbons (Fsp3) is 0.400. The summed E-state index contributed by atoms with van der Waals surface area (Å²) in [5.74, 6) is -1.78. The van der Waals surface area contributed by atoms with E-state index in [0.29, 0.717) is 0 Å². The third-order valence-electron chi connectivity index (χ3n) is 2.06. The monoisotopic (exact) mass is 343 g/mol. The number of hydrogen-bond donors (Lipinski definition) is 0. The highest BCUT2D eigenvalue weighted by Gasteiger charge is 2.34. The molecule has 1 heterocycles. The highest BCUT2D eigenvalue weighted by Crippen LogP contribution is 2.36. The number of alkyl halides is 4. The van der Waals surface area contributed by atoms with E-state index in [4.69, 9.17) is 4.74 Å². The average molecular weight is 344 g/mol. The van der Waals surface area contributed by atoms with Crippen LogP contribution in [0.5, 0.6) is 11.6 Å². The maximum absolute atomic E-state index is 12.2. The SMILES string of the molecule is COC(=O)c1cnc(OC(F)(F)F)c(OC)c1CBr. The van der Waals surface area contributed by atoms with E-state index in [-0.39, 0.29) is 22.2 Å². The lowest BCUT2D eigenvalue weighted by atomic mass is 10.1. The Kier molecular flexibility index (Phi) is 4.98. The molecule has 0 saturated carbocycles. The van der Waals surface area contributed by atoms with Gasteiger partial charge in [0.25, 0.3) is 5.88 Å². The molecule has 19 heavy (non-hydrogen) atoms. The molecule has 0 spiro atoms. The van der Waals surface area contributed by atoms with Crippen molar-refractivity contribution in [1.29, 1.82) is 0 Å². The summed E-state index contributed by atoms with van der Waals surface area (Å²) in [5, 5.41) is 0.0668. The number of ether oxygens (including phenoxy) is 3. The summed E-state index contributed by atoms with van der Waals surface area (Å²) in [6.07, 6.45) is -3.97. The molecule has 1 aromatic heterocycles. The average Bonchev–Trinajstić information content (AvgIpc) is 2.35. The zero-order valence-electron chi connectivity index (χ0n) is 9.88. The van der Waals surface area contributed by atoms with Gasteiger partial charge in [-0.25, -0.2) is 9.78 Å². The summed E-state index contributed by atoms with van der Waals surface area (Å²) in [4.78, 5) is 14.9. The molecule has 1 aromatic rings. The van der Waals surface area contributed by atoms with Crippen LogP contribution >= 0.6 is 15.9 Å². The smallest absolute Gasteiger partial charge is 0.491 e. The largest absolute Gasteiger partial charge is 0.574 e. The van der Waals surface area contributed by atoms with Crippen molar-refractivity contribution in [3.8, 4) is 11.6 Å². The summed E-state index contributed by atoms with van der Waals surface area (Å²) in [6.45, 7) is 0. The second-order valence-electron chi connectivity index (χ2n) is 3.16. The van der Waals surface area contributed by atoms with Crippen LogP contribution in [0, 0.1) is 0 Å². The van der Waals surface area contributed by atoms with Gasteiger partial charge in [-0.2, -0.15) is 0 Å². The first kappa shape index (κ1) is 15.5. The fourth-order valence-corrected chi connectivity index (χ4v) is 1.88. The Morgan fingerprint density at radius 3 is 2.47 bits per heavy atom. The van der Waals surface area contributed by atoms with Crippen LogP contribution in [0.1, 0.15) is 15.9 Å². The Bertz CT molecular complexity index is 479. The van der Waals surface area contributed by atoms with Gasteiger partial charge >= 0.3 is 12.3 Å². The van der Waals surface area contributed by atoms with Crippen molar-refractivity contribution in [2.24, 2.45) is 0 Å². The van der Waals surface area contributed by atoms with E-state index in [1.54, 1.807) is 0 Å². The molecule has 0 aliphatic carbocycles. The van der Waals surface area contributed by atoms with Gasteiger partial charge in [-0.1, -0.05) is 15.9 Å². The predicted molar refractivity (Wildman–Crippen MR) is 61.4 cm³/mol. The lowest BCUT2D eigenvalue weighted by molar-refractivity contribution is -0.276. The molecule has 0 unspecified atom stereocenters. The van der Waals surface area contributed by atoms with Crippen LogP contribution in [0.3, 0.4) is 0 Å². The summed E-state index contributed by atoms with van der Waals surface area (Å²) >= 11 is 3.06.